The summed E-state index contributed by atoms with van der Waals surface area (Å²) in [6.45, 7) is 4.42. The number of benzene rings is 3. The van der Waals surface area contributed by atoms with E-state index in [0.29, 0.717) is 61.6 Å². The van der Waals surface area contributed by atoms with Crippen molar-refractivity contribution < 1.29 is 36.9 Å². The summed E-state index contributed by atoms with van der Waals surface area (Å²) in [5.41, 5.74) is 0.524. The number of nitrogens with zero attached hydrogens (tertiary/aromatic N) is 1. The lowest BCUT2D eigenvalue weighted by Gasteiger charge is -2.26. The number of amides is 1. The molecular weight excluding hydrogens is 512 g/mol. The molecule has 10 nitrogen and oxygen atoms in total. The minimum atomic E-state index is -3.81. The van der Waals surface area contributed by atoms with Gasteiger partial charge in [0, 0.05) is 18.7 Å². The number of rotatable bonds is 8. The summed E-state index contributed by atoms with van der Waals surface area (Å²) in [6, 6.07) is 16.3. The Hall–Kier alpha value is -3.80. The Morgan fingerprint density at radius 1 is 0.895 bits per heavy atom. The first-order valence-corrected chi connectivity index (χ1v) is 13.7. The van der Waals surface area contributed by atoms with Crippen molar-refractivity contribution in [3.8, 4) is 28.7 Å². The van der Waals surface area contributed by atoms with Crippen molar-refractivity contribution in [3.05, 3.63) is 66.2 Å². The molecule has 11 heteroatoms. The number of ether oxygens (including phenoxy) is 5. The molecule has 0 aromatic heterocycles. The normalized spacial score (nSPS) is 15.5. The first kappa shape index (κ1) is 25.8. The first-order valence-electron chi connectivity index (χ1n) is 12.3. The zero-order valence-electron chi connectivity index (χ0n) is 20.8. The molecule has 38 heavy (non-hydrogen) atoms. The van der Waals surface area contributed by atoms with Crippen LogP contribution in [-0.4, -0.2) is 64.8 Å². The zero-order valence-corrected chi connectivity index (χ0v) is 21.7. The molecule has 1 amide bonds. The second-order valence-electron chi connectivity index (χ2n) is 8.49. The fourth-order valence-electron chi connectivity index (χ4n) is 4.07. The van der Waals surface area contributed by atoms with Crippen molar-refractivity contribution >= 4 is 21.6 Å². The van der Waals surface area contributed by atoms with E-state index < -0.39 is 15.9 Å². The lowest BCUT2D eigenvalue weighted by atomic mass is 10.1. The van der Waals surface area contributed by atoms with E-state index in [1.54, 1.807) is 42.5 Å². The van der Waals surface area contributed by atoms with Crippen LogP contribution < -0.4 is 24.3 Å². The highest BCUT2D eigenvalue weighted by Gasteiger charge is 2.28. The molecule has 3 aromatic rings. The number of carbonyl (C=O) groups is 1. The summed E-state index contributed by atoms with van der Waals surface area (Å²) < 4.78 is 55.9. The van der Waals surface area contributed by atoms with Crippen molar-refractivity contribution in [2.45, 2.75) is 11.8 Å². The van der Waals surface area contributed by atoms with Gasteiger partial charge in [0.05, 0.1) is 30.4 Å². The monoisotopic (exact) mass is 540 g/mol. The smallest absolute Gasteiger partial charge is 0.255 e. The highest BCUT2D eigenvalue weighted by atomic mass is 32.2. The average Bonchev–Trinajstić information content (AvgIpc) is 2.95. The van der Waals surface area contributed by atoms with E-state index in [9.17, 15) is 13.2 Å². The second-order valence-corrected chi connectivity index (χ2v) is 10.4. The summed E-state index contributed by atoms with van der Waals surface area (Å²) in [4.78, 5) is 13.3. The molecule has 200 valence electrons. The number of nitrogens with one attached hydrogen (secondary N) is 1. The largest absolute Gasteiger partial charge is 0.494 e. The highest BCUT2D eigenvalue weighted by molar-refractivity contribution is 7.89. The van der Waals surface area contributed by atoms with E-state index in [-0.39, 0.29) is 29.4 Å². The summed E-state index contributed by atoms with van der Waals surface area (Å²) >= 11 is 0. The molecular formula is C27H28N2O8S. The van der Waals surface area contributed by atoms with Crippen molar-refractivity contribution in [2.24, 2.45) is 0 Å². The van der Waals surface area contributed by atoms with E-state index >= 15 is 0 Å². The van der Waals surface area contributed by atoms with Crippen LogP contribution in [-0.2, 0) is 14.8 Å². The number of carbonyl (C=O) groups excluding carboxylic acids is 1. The summed E-state index contributed by atoms with van der Waals surface area (Å²) in [5, 5.41) is 2.81. The van der Waals surface area contributed by atoms with Gasteiger partial charge in [-0.25, -0.2) is 8.42 Å². The molecule has 2 heterocycles. The molecule has 3 aromatic carbocycles. The molecule has 1 saturated heterocycles. The third-order valence-electron chi connectivity index (χ3n) is 5.97. The van der Waals surface area contributed by atoms with Gasteiger partial charge in [-0.3, -0.25) is 4.79 Å². The standard InChI is InChI=1S/C27H28N2O8S/c1-2-34-20-4-6-21(7-5-20)37-24-10-8-22(38(31,32)29-11-13-33-14-12-29)18-23(24)28-27(30)19-3-9-25-26(17-19)36-16-15-35-25/h3-10,17-18H,2,11-16H2,1H3,(H,28,30). The third-order valence-corrected chi connectivity index (χ3v) is 7.87. The van der Waals surface area contributed by atoms with Crippen LogP contribution in [0.15, 0.2) is 65.6 Å². The van der Waals surface area contributed by atoms with Crippen molar-refractivity contribution in [2.75, 3.05) is 51.4 Å². The number of hydrogen-bond donors (Lipinski definition) is 1. The van der Waals surface area contributed by atoms with Crippen LogP contribution in [0.4, 0.5) is 5.69 Å². The van der Waals surface area contributed by atoms with Crippen LogP contribution in [0.2, 0.25) is 0 Å². The van der Waals surface area contributed by atoms with Gasteiger partial charge in [-0.15, -0.1) is 0 Å². The number of fused-ring (bicyclic) bond motifs is 1. The van der Waals surface area contributed by atoms with Gasteiger partial charge in [0.25, 0.3) is 5.91 Å². The predicted octanol–water partition coefficient (Wildman–Crippen LogP) is 3.92. The molecule has 0 atom stereocenters. The van der Waals surface area contributed by atoms with Gasteiger partial charge in [-0.1, -0.05) is 0 Å². The van der Waals surface area contributed by atoms with Crippen molar-refractivity contribution in [1.29, 1.82) is 0 Å². The summed E-state index contributed by atoms with van der Waals surface area (Å²) in [7, 11) is -3.81. The SMILES string of the molecule is CCOc1ccc(Oc2ccc(S(=O)(=O)N3CCOCC3)cc2NC(=O)c2ccc3c(c2)OCCO3)cc1. The van der Waals surface area contributed by atoms with Crippen LogP contribution in [0.1, 0.15) is 17.3 Å². The maximum absolute atomic E-state index is 13.3. The number of anilines is 1. The van der Waals surface area contributed by atoms with Gasteiger partial charge < -0.3 is 29.0 Å². The third kappa shape index (κ3) is 5.69. The van der Waals surface area contributed by atoms with E-state index in [1.807, 2.05) is 6.92 Å². The second kappa shape index (κ2) is 11.3. The summed E-state index contributed by atoms with van der Waals surface area (Å²) in [6.07, 6.45) is 0. The highest BCUT2D eigenvalue weighted by Crippen LogP contribution is 2.35. The maximum Gasteiger partial charge on any atom is 0.255 e. The van der Waals surface area contributed by atoms with Gasteiger partial charge >= 0.3 is 0 Å². The predicted molar refractivity (Wildman–Crippen MR) is 139 cm³/mol. The van der Waals surface area contributed by atoms with Crippen molar-refractivity contribution in [1.82, 2.24) is 4.31 Å². The topological polar surface area (TPSA) is 113 Å². The van der Waals surface area contributed by atoms with E-state index in [2.05, 4.69) is 5.32 Å². The fraction of sp³-hybridized carbons (Fsp3) is 0.296. The molecule has 0 bridgehead atoms. The van der Waals surface area contributed by atoms with Crippen LogP contribution in [0.3, 0.4) is 0 Å². The fourth-order valence-corrected chi connectivity index (χ4v) is 5.50. The van der Waals surface area contributed by atoms with Gasteiger partial charge in [0.1, 0.15) is 24.7 Å². The lowest BCUT2D eigenvalue weighted by Crippen LogP contribution is -2.40. The Kier molecular flexibility index (Phi) is 7.68. The van der Waals surface area contributed by atoms with Crippen LogP contribution in [0.5, 0.6) is 28.7 Å². The minimum absolute atomic E-state index is 0.0379. The Morgan fingerprint density at radius 2 is 1.61 bits per heavy atom. The molecule has 0 spiro atoms. The van der Waals surface area contributed by atoms with Gasteiger partial charge in [0.2, 0.25) is 10.0 Å². The van der Waals surface area contributed by atoms with Crippen molar-refractivity contribution in [3.63, 3.8) is 0 Å². The molecule has 5 rings (SSSR count). The van der Waals surface area contributed by atoms with Gasteiger partial charge in [0.15, 0.2) is 17.2 Å². The Morgan fingerprint density at radius 3 is 2.34 bits per heavy atom. The average molecular weight is 541 g/mol. The summed E-state index contributed by atoms with van der Waals surface area (Å²) in [5.74, 6) is 2.04. The number of sulfonamides is 1. The maximum atomic E-state index is 13.3. The molecule has 0 radical (unpaired) electrons. The molecule has 0 unspecified atom stereocenters. The molecule has 0 aliphatic carbocycles. The molecule has 1 fully saturated rings. The van der Waals surface area contributed by atoms with Crippen LogP contribution >= 0.6 is 0 Å². The quantitative estimate of drug-likeness (QED) is 0.458. The zero-order chi connectivity index (χ0) is 26.5. The molecule has 2 aliphatic heterocycles. The van der Waals surface area contributed by atoms with Gasteiger partial charge in [-0.2, -0.15) is 4.31 Å². The van der Waals surface area contributed by atoms with E-state index in [1.165, 1.54) is 22.5 Å². The minimum Gasteiger partial charge on any atom is -0.494 e. The van der Waals surface area contributed by atoms with E-state index in [0.717, 1.165) is 0 Å². The molecule has 1 N–H and O–H groups in total. The van der Waals surface area contributed by atoms with Crippen LogP contribution in [0, 0.1) is 0 Å². The molecule has 0 saturated carbocycles. The Bertz CT molecular complexity index is 1400. The van der Waals surface area contributed by atoms with Gasteiger partial charge in [-0.05, 0) is 67.6 Å². The lowest BCUT2D eigenvalue weighted by molar-refractivity contribution is 0.0730. The number of morpholine rings is 1. The number of hydrogen-bond acceptors (Lipinski definition) is 8. The Labute approximate surface area is 221 Å². The van der Waals surface area contributed by atoms with Crippen LogP contribution in [0.25, 0.3) is 0 Å². The first-order chi connectivity index (χ1) is 18.4. The molecule has 2 aliphatic rings. The van der Waals surface area contributed by atoms with E-state index in [4.69, 9.17) is 23.7 Å². The Balaban J connectivity index is 1.45.